The number of rotatable bonds is 2. The summed E-state index contributed by atoms with van der Waals surface area (Å²) in [5.74, 6) is 0.0435. The fourth-order valence-electron chi connectivity index (χ4n) is 6.89. The van der Waals surface area contributed by atoms with E-state index in [2.05, 4.69) is 6.58 Å². The number of carbonyl (C=O) groups is 2. The third kappa shape index (κ3) is 2.72. The molecule has 4 rings (SSSR count). The lowest BCUT2D eigenvalue weighted by Gasteiger charge is -2.68. The fourth-order valence-corrected chi connectivity index (χ4v) is 6.89. The molecule has 0 unspecified atom stereocenters. The van der Waals surface area contributed by atoms with E-state index in [1.54, 1.807) is 6.26 Å². The summed E-state index contributed by atoms with van der Waals surface area (Å²) in [6.07, 6.45) is 2.69. The Hall–Kier alpha value is -2.08. The maximum Gasteiger partial charge on any atom is 0.303 e. The molecule has 6 nitrogen and oxygen atoms in total. The van der Waals surface area contributed by atoms with Crippen LogP contribution < -0.4 is 0 Å². The second-order valence-electron chi connectivity index (χ2n) is 10.1. The largest absolute Gasteiger partial charge is 0.469 e. The average molecular weight is 417 g/mol. The third-order valence-electron chi connectivity index (χ3n) is 8.28. The molecule has 1 N–H and O–H groups in total. The molecule has 30 heavy (non-hydrogen) atoms. The zero-order valence-corrected chi connectivity index (χ0v) is 18.5. The maximum absolute atomic E-state index is 12.2. The summed E-state index contributed by atoms with van der Waals surface area (Å²) in [5, 5.41) is 12.2. The molecule has 1 heterocycles. The molecule has 1 aromatic heterocycles. The van der Waals surface area contributed by atoms with Gasteiger partial charge in [-0.1, -0.05) is 27.4 Å². The highest BCUT2D eigenvalue weighted by Crippen LogP contribution is 2.67. The zero-order chi connectivity index (χ0) is 22.1. The first-order valence-electron chi connectivity index (χ1n) is 10.7. The Morgan fingerprint density at radius 1 is 1.20 bits per heavy atom. The molecule has 6 atom stereocenters. The van der Waals surface area contributed by atoms with E-state index in [-0.39, 0.29) is 11.8 Å². The Kier molecular flexibility index (Phi) is 4.73. The standard InChI is InChI=1S/C24H32O6/c1-13-16-7-9-24(27)22(4,5)12-20(29-14(2)25)21(30-15(3)26)23(24,6)18(16)11-19-17(13)8-10-28-19/h8,10,16,18,20-21,27H,1,7,9,11-12H2,2-6H3/t16-,18-,20-,21-,23-,24+/m0/s1. The second kappa shape index (κ2) is 6.71. The normalized spacial score (nSPS) is 39.3. The van der Waals surface area contributed by atoms with Crippen LogP contribution in [0.5, 0.6) is 0 Å². The highest BCUT2D eigenvalue weighted by atomic mass is 16.6. The predicted octanol–water partition coefficient (Wildman–Crippen LogP) is 3.91. The van der Waals surface area contributed by atoms with E-state index in [1.165, 1.54) is 13.8 Å². The summed E-state index contributed by atoms with van der Waals surface area (Å²) < 4.78 is 17.3. The smallest absolute Gasteiger partial charge is 0.303 e. The molecule has 2 fully saturated rings. The van der Waals surface area contributed by atoms with E-state index in [0.29, 0.717) is 19.3 Å². The van der Waals surface area contributed by atoms with Crippen LogP contribution >= 0.6 is 0 Å². The Balaban J connectivity index is 1.89. The lowest BCUT2D eigenvalue weighted by Crippen LogP contribution is -2.74. The van der Waals surface area contributed by atoms with Crippen molar-refractivity contribution in [1.29, 1.82) is 0 Å². The van der Waals surface area contributed by atoms with Gasteiger partial charge in [0.05, 0.1) is 11.9 Å². The predicted molar refractivity (Wildman–Crippen MR) is 110 cm³/mol. The summed E-state index contributed by atoms with van der Waals surface area (Å²) in [6, 6.07) is 1.95. The third-order valence-corrected chi connectivity index (χ3v) is 8.28. The second-order valence-corrected chi connectivity index (χ2v) is 10.1. The molecular weight excluding hydrogens is 384 g/mol. The van der Waals surface area contributed by atoms with E-state index in [0.717, 1.165) is 23.3 Å². The SMILES string of the molecule is C=C1c2ccoc2C[C@H]2[C@H]1CC[C@@]1(O)C(C)(C)C[C@H](OC(C)=O)[C@H](OC(C)=O)[C@]21C. The van der Waals surface area contributed by atoms with Crippen molar-refractivity contribution in [3.8, 4) is 0 Å². The molecule has 0 spiro atoms. The van der Waals surface area contributed by atoms with E-state index >= 15 is 0 Å². The fraction of sp³-hybridized carbons (Fsp3) is 0.667. The molecule has 3 aliphatic rings. The van der Waals surface area contributed by atoms with Gasteiger partial charge in [0.15, 0.2) is 0 Å². The molecule has 0 saturated heterocycles. The van der Waals surface area contributed by atoms with Crippen molar-refractivity contribution in [3.05, 3.63) is 30.2 Å². The van der Waals surface area contributed by atoms with Crippen LogP contribution in [0.25, 0.3) is 5.57 Å². The summed E-state index contributed by atoms with van der Waals surface area (Å²) >= 11 is 0. The summed E-state index contributed by atoms with van der Waals surface area (Å²) in [4.78, 5) is 24.0. The van der Waals surface area contributed by atoms with Gasteiger partial charge in [-0.05, 0) is 48.2 Å². The van der Waals surface area contributed by atoms with Crippen molar-refractivity contribution >= 4 is 17.5 Å². The van der Waals surface area contributed by atoms with Crippen LogP contribution in [0.3, 0.4) is 0 Å². The number of carbonyl (C=O) groups excluding carboxylic acids is 2. The van der Waals surface area contributed by atoms with Gasteiger partial charge in [-0.2, -0.15) is 0 Å². The molecule has 3 aliphatic carbocycles. The molecule has 0 aliphatic heterocycles. The average Bonchev–Trinajstić information content (AvgIpc) is 3.10. The van der Waals surface area contributed by atoms with Crippen LogP contribution in [-0.4, -0.2) is 34.9 Å². The van der Waals surface area contributed by atoms with Gasteiger partial charge in [0.25, 0.3) is 0 Å². The first-order chi connectivity index (χ1) is 13.9. The van der Waals surface area contributed by atoms with Crippen molar-refractivity contribution in [2.75, 3.05) is 0 Å². The van der Waals surface area contributed by atoms with Crippen molar-refractivity contribution in [1.82, 2.24) is 0 Å². The highest BCUT2D eigenvalue weighted by Gasteiger charge is 2.72. The van der Waals surface area contributed by atoms with E-state index in [1.807, 2.05) is 26.8 Å². The van der Waals surface area contributed by atoms with Crippen molar-refractivity contribution in [2.24, 2.45) is 22.7 Å². The van der Waals surface area contributed by atoms with Crippen LogP contribution in [0.15, 0.2) is 23.3 Å². The van der Waals surface area contributed by atoms with Gasteiger partial charge in [-0.15, -0.1) is 0 Å². The first-order valence-corrected chi connectivity index (χ1v) is 10.7. The minimum Gasteiger partial charge on any atom is -0.469 e. The van der Waals surface area contributed by atoms with Crippen LogP contribution in [0.1, 0.15) is 65.2 Å². The van der Waals surface area contributed by atoms with Gasteiger partial charge in [-0.25, -0.2) is 0 Å². The van der Waals surface area contributed by atoms with Crippen LogP contribution in [0.2, 0.25) is 0 Å². The summed E-state index contributed by atoms with van der Waals surface area (Å²) in [7, 11) is 0. The number of aliphatic hydroxyl groups is 1. The number of esters is 2. The van der Waals surface area contributed by atoms with E-state index in [9.17, 15) is 14.7 Å². The molecule has 164 valence electrons. The zero-order valence-electron chi connectivity index (χ0n) is 18.5. The highest BCUT2D eigenvalue weighted by molar-refractivity contribution is 5.70. The van der Waals surface area contributed by atoms with Crippen molar-refractivity contribution < 1.29 is 28.6 Å². The first kappa shape index (κ1) is 21.2. The van der Waals surface area contributed by atoms with Crippen LogP contribution in [0, 0.1) is 22.7 Å². The van der Waals surface area contributed by atoms with Gasteiger partial charge < -0.3 is 19.0 Å². The van der Waals surface area contributed by atoms with Crippen molar-refractivity contribution in [2.45, 2.75) is 78.1 Å². The molecule has 0 aromatic carbocycles. The van der Waals surface area contributed by atoms with Crippen LogP contribution in [0.4, 0.5) is 0 Å². The molecule has 0 bridgehead atoms. The lowest BCUT2D eigenvalue weighted by molar-refractivity contribution is -0.299. The minimum atomic E-state index is -1.11. The number of hydrogen-bond donors (Lipinski definition) is 1. The molecule has 6 heteroatoms. The Bertz CT molecular complexity index is 897. The van der Waals surface area contributed by atoms with E-state index in [4.69, 9.17) is 13.9 Å². The topological polar surface area (TPSA) is 86.0 Å². The quantitative estimate of drug-likeness (QED) is 0.736. The monoisotopic (exact) mass is 416 g/mol. The summed E-state index contributed by atoms with van der Waals surface area (Å²) in [5.41, 5.74) is -0.457. The maximum atomic E-state index is 12.2. The number of allylic oxidation sites excluding steroid dienone is 1. The number of ether oxygens (including phenoxy) is 2. The molecular formula is C24H32O6. The van der Waals surface area contributed by atoms with Gasteiger partial charge in [0.1, 0.15) is 18.0 Å². The van der Waals surface area contributed by atoms with Crippen molar-refractivity contribution in [3.63, 3.8) is 0 Å². The number of hydrogen-bond acceptors (Lipinski definition) is 6. The van der Waals surface area contributed by atoms with E-state index < -0.39 is 40.6 Å². The Morgan fingerprint density at radius 2 is 1.87 bits per heavy atom. The Labute approximate surface area is 177 Å². The lowest BCUT2D eigenvalue weighted by atomic mass is 9.40. The molecule has 0 amide bonds. The number of fused-ring (bicyclic) bond motifs is 4. The number of furan rings is 1. The van der Waals surface area contributed by atoms with Gasteiger partial charge >= 0.3 is 11.9 Å². The molecule has 0 radical (unpaired) electrons. The molecule has 1 aromatic rings. The van der Waals surface area contributed by atoms with Gasteiger partial charge in [0, 0.05) is 31.2 Å². The summed E-state index contributed by atoms with van der Waals surface area (Å²) in [6.45, 7) is 13.1. The van der Waals surface area contributed by atoms with Crippen LogP contribution in [-0.2, 0) is 25.5 Å². The minimum absolute atomic E-state index is 0.0654. The van der Waals surface area contributed by atoms with Gasteiger partial charge in [0.2, 0.25) is 0 Å². The Morgan fingerprint density at radius 3 is 2.50 bits per heavy atom. The van der Waals surface area contributed by atoms with Gasteiger partial charge in [-0.3, -0.25) is 9.59 Å². The molecule has 2 saturated carbocycles.